The Morgan fingerprint density at radius 2 is 2.03 bits per heavy atom. The smallest absolute Gasteiger partial charge is 0.408 e. The summed E-state index contributed by atoms with van der Waals surface area (Å²) in [6.07, 6.45) is 1.06. The molecule has 0 aromatic carbocycles. The van der Waals surface area contributed by atoms with Crippen LogP contribution in [0.5, 0.6) is 0 Å². The van der Waals surface area contributed by atoms with Gasteiger partial charge in [-0.15, -0.1) is 0 Å². The maximum absolute atomic E-state index is 13.0. The molecule has 1 aromatic rings. The zero-order valence-corrected chi connectivity index (χ0v) is 20.8. The van der Waals surface area contributed by atoms with Crippen molar-refractivity contribution < 1.29 is 27.9 Å². The molecule has 2 amide bonds. The summed E-state index contributed by atoms with van der Waals surface area (Å²) in [7, 11) is -3.86. The van der Waals surface area contributed by atoms with Crippen LogP contribution in [0.25, 0.3) is 0 Å². The van der Waals surface area contributed by atoms with E-state index in [-0.39, 0.29) is 24.0 Å². The molecule has 3 N–H and O–H groups in total. The second kappa shape index (κ2) is 11.3. The first-order valence-electron chi connectivity index (χ1n) is 11.2. The molecule has 4 atom stereocenters. The number of β-amino-alcohol motifs (C(OH)–C–C–N with tert-alkyl or cyclic N) is 1. The first kappa shape index (κ1) is 27.0. The Labute approximate surface area is 196 Å². The number of alkyl carbamates (subject to hydrolysis) is 1. The molecule has 11 heteroatoms. The Balaban J connectivity index is 2.09. The zero-order chi connectivity index (χ0) is 24.8. The average Bonchev–Trinajstić information content (AvgIpc) is 2.92. The molecule has 3 unspecified atom stereocenters. The first-order chi connectivity index (χ1) is 15.3. The van der Waals surface area contributed by atoms with Crippen molar-refractivity contribution in [2.75, 3.05) is 13.1 Å². The van der Waals surface area contributed by atoms with Crippen molar-refractivity contribution in [2.24, 2.45) is 5.92 Å². The summed E-state index contributed by atoms with van der Waals surface area (Å²) < 4.78 is 32.3. The van der Waals surface area contributed by atoms with E-state index in [0.29, 0.717) is 19.3 Å². The van der Waals surface area contributed by atoms with E-state index >= 15 is 0 Å². The lowest BCUT2D eigenvalue weighted by Gasteiger charge is -2.29. The van der Waals surface area contributed by atoms with Gasteiger partial charge in [0, 0.05) is 19.3 Å². The number of hydrogen-bond donors (Lipinski definition) is 3. The molecule has 1 fully saturated rings. The van der Waals surface area contributed by atoms with E-state index in [1.807, 2.05) is 13.8 Å². The molecular weight excluding hydrogens is 448 g/mol. The summed E-state index contributed by atoms with van der Waals surface area (Å²) in [6.45, 7) is 8.98. The molecular formula is C22H36N4O6S. The van der Waals surface area contributed by atoms with Gasteiger partial charge in [0.05, 0.1) is 12.1 Å². The summed E-state index contributed by atoms with van der Waals surface area (Å²) >= 11 is 0. The van der Waals surface area contributed by atoms with Crippen LogP contribution in [-0.4, -0.2) is 71.7 Å². The lowest BCUT2D eigenvalue weighted by Crippen LogP contribution is -2.56. The Hall–Kier alpha value is -2.24. The van der Waals surface area contributed by atoms with Crippen LogP contribution in [0.4, 0.5) is 4.79 Å². The van der Waals surface area contributed by atoms with Gasteiger partial charge >= 0.3 is 6.09 Å². The fourth-order valence-corrected chi connectivity index (χ4v) is 4.96. The van der Waals surface area contributed by atoms with Crippen LogP contribution in [0.2, 0.25) is 0 Å². The number of nitrogens with zero attached hydrogens (tertiary/aromatic N) is 2. The molecule has 2 rings (SSSR count). The third-order valence-electron chi connectivity index (χ3n) is 5.52. The van der Waals surface area contributed by atoms with Gasteiger partial charge in [-0.25, -0.2) is 18.2 Å². The van der Waals surface area contributed by atoms with Gasteiger partial charge < -0.3 is 20.5 Å². The van der Waals surface area contributed by atoms with Gasteiger partial charge in [0.15, 0.2) is 5.03 Å². The van der Waals surface area contributed by atoms with Crippen LogP contribution in [0.15, 0.2) is 29.4 Å². The molecule has 1 aliphatic rings. The number of rotatable bonds is 7. The van der Waals surface area contributed by atoms with E-state index in [1.165, 1.54) is 16.6 Å². The van der Waals surface area contributed by atoms with E-state index in [9.17, 15) is 23.1 Å². The van der Waals surface area contributed by atoms with Crippen molar-refractivity contribution >= 4 is 22.0 Å². The van der Waals surface area contributed by atoms with Crippen LogP contribution < -0.4 is 10.6 Å². The standard InChI is InChI=1S/C22H36N4O6S/c1-6-15(2)19(25-21(29)32-22(3,4)5)20(28)24-16-10-9-13-26(14-17(16)27)33(30,31)18-11-7-8-12-23-18/h7-8,11-12,15-17,19,27H,6,9-10,13-14H2,1-5H3,(H,24,28)(H,25,29)/t15?,16?,17?,19-/m0/s1. The molecule has 0 radical (unpaired) electrons. The summed E-state index contributed by atoms with van der Waals surface area (Å²) in [4.78, 5) is 29.2. The fraction of sp³-hybridized carbons (Fsp3) is 0.682. The molecule has 2 heterocycles. The van der Waals surface area contributed by atoms with E-state index < -0.39 is 45.8 Å². The second-order valence-corrected chi connectivity index (χ2v) is 11.2. The number of aliphatic hydroxyl groups excluding tert-OH is 1. The largest absolute Gasteiger partial charge is 0.444 e. The molecule has 1 saturated heterocycles. The monoisotopic (exact) mass is 484 g/mol. The number of sulfonamides is 1. The fourth-order valence-electron chi connectivity index (χ4n) is 3.53. The van der Waals surface area contributed by atoms with Gasteiger partial charge in [0.1, 0.15) is 11.6 Å². The van der Waals surface area contributed by atoms with Crippen LogP contribution in [0, 0.1) is 5.92 Å². The van der Waals surface area contributed by atoms with E-state index in [2.05, 4.69) is 15.6 Å². The maximum Gasteiger partial charge on any atom is 0.408 e. The highest BCUT2D eigenvalue weighted by molar-refractivity contribution is 7.89. The van der Waals surface area contributed by atoms with Crippen molar-refractivity contribution in [3.63, 3.8) is 0 Å². The molecule has 0 spiro atoms. The molecule has 10 nitrogen and oxygen atoms in total. The number of amides is 2. The number of ether oxygens (including phenoxy) is 1. The maximum atomic E-state index is 13.0. The van der Waals surface area contributed by atoms with Crippen molar-refractivity contribution in [2.45, 2.75) is 82.7 Å². The lowest BCUT2D eigenvalue weighted by molar-refractivity contribution is -0.126. The average molecular weight is 485 g/mol. The van der Waals surface area contributed by atoms with Gasteiger partial charge in [-0.05, 0) is 51.7 Å². The van der Waals surface area contributed by atoms with Crippen molar-refractivity contribution in [3.8, 4) is 0 Å². The summed E-state index contributed by atoms with van der Waals surface area (Å²) in [5.74, 6) is -0.623. The summed E-state index contributed by atoms with van der Waals surface area (Å²) in [6, 6.07) is 3.11. The van der Waals surface area contributed by atoms with Crippen LogP contribution >= 0.6 is 0 Å². The predicted molar refractivity (Wildman–Crippen MR) is 123 cm³/mol. The number of hydrogen-bond acceptors (Lipinski definition) is 7. The summed E-state index contributed by atoms with van der Waals surface area (Å²) in [5, 5.41) is 16.1. The number of aliphatic hydroxyl groups is 1. The molecule has 1 aliphatic heterocycles. The molecule has 0 aliphatic carbocycles. The lowest BCUT2D eigenvalue weighted by atomic mass is 9.97. The molecule has 186 valence electrons. The van der Waals surface area contributed by atoms with E-state index in [0.717, 1.165) is 0 Å². The Morgan fingerprint density at radius 3 is 2.61 bits per heavy atom. The normalized spacial score (nSPS) is 22.0. The van der Waals surface area contributed by atoms with Crippen molar-refractivity contribution in [3.05, 3.63) is 24.4 Å². The van der Waals surface area contributed by atoms with Crippen LogP contribution in [-0.2, 0) is 19.6 Å². The number of carbonyl (C=O) groups excluding carboxylic acids is 2. The third-order valence-corrected chi connectivity index (χ3v) is 7.30. The van der Waals surface area contributed by atoms with Crippen molar-refractivity contribution in [1.29, 1.82) is 0 Å². The minimum absolute atomic E-state index is 0.0851. The number of carbonyl (C=O) groups is 2. The predicted octanol–water partition coefficient (Wildman–Crippen LogP) is 1.65. The molecule has 1 aromatic heterocycles. The molecule has 33 heavy (non-hydrogen) atoms. The number of nitrogens with one attached hydrogen (secondary N) is 2. The van der Waals surface area contributed by atoms with Gasteiger partial charge in [-0.1, -0.05) is 26.3 Å². The minimum Gasteiger partial charge on any atom is -0.444 e. The quantitative estimate of drug-likeness (QED) is 0.535. The second-order valence-electron chi connectivity index (χ2n) is 9.37. The topological polar surface area (TPSA) is 138 Å². The zero-order valence-electron chi connectivity index (χ0n) is 19.9. The Bertz CT molecular complexity index is 903. The highest BCUT2D eigenvalue weighted by Gasteiger charge is 2.36. The summed E-state index contributed by atoms with van der Waals surface area (Å²) in [5.41, 5.74) is -0.708. The van der Waals surface area contributed by atoms with Crippen LogP contribution in [0.1, 0.15) is 53.9 Å². The Kier molecular flexibility index (Phi) is 9.21. The highest BCUT2D eigenvalue weighted by atomic mass is 32.2. The van der Waals surface area contributed by atoms with Gasteiger partial charge in [-0.3, -0.25) is 4.79 Å². The number of pyridine rings is 1. The first-order valence-corrected chi connectivity index (χ1v) is 12.7. The Morgan fingerprint density at radius 1 is 1.33 bits per heavy atom. The molecule has 0 bridgehead atoms. The minimum atomic E-state index is -3.86. The SMILES string of the molecule is CCC(C)[C@H](NC(=O)OC(C)(C)C)C(=O)NC1CCCN(S(=O)(=O)c2ccccn2)CC1O. The van der Waals surface area contributed by atoms with E-state index in [4.69, 9.17) is 4.74 Å². The highest BCUT2D eigenvalue weighted by Crippen LogP contribution is 2.20. The third kappa shape index (κ3) is 7.65. The van der Waals surface area contributed by atoms with Gasteiger partial charge in [-0.2, -0.15) is 4.31 Å². The van der Waals surface area contributed by atoms with Gasteiger partial charge in [0.25, 0.3) is 10.0 Å². The molecule has 0 saturated carbocycles. The van der Waals surface area contributed by atoms with Gasteiger partial charge in [0.2, 0.25) is 5.91 Å². The number of aromatic nitrogens is 1. The van der Waals surface area contributed by atoms with E-state index in [1.54, 1.807) is 32.9 Å². The van der Waals surface area contributed by atoms with Crippen LogP contribution in [0.3, 0.4) is 0 Å². The van der Waals surface area contributed by atoms with Crippen molar-refractivity contribution in [1.82, 2.24) is 19.9 Å².